The molecule has 0 amide bonds. The Morgan fingerprint density at radius 2 is 1.95 bits per heavy atom. The molecule has 1 heterocycles. The van der Waals surface area contributed by atoms with Crippen LogP contribution in [0.3, 0.4) is 0 Å². The predicted octanol–water partition coefficient (Wildman–Crippen LogP) is 2.09. The first-order valence-corrected chi connectivity index (χ1v) is 8.71. The minimum atomic E-state index is -0.705. The lowest BCUT2D eigenvalue weighted by molar-refractivity contribution is 0.0845. The maximum Gasteiger partial charge on any atom is 0.0969 e. The van der Waals surface area contributed by atoms with Crippen molar-refractivity contribution in [3.63, 3.8) is 0 Å². The second-order valence-corrected chi connectivity index (χ2v) is 6.87. The lowest BCUT2D eigenvalue weighted by Crippen LogP contribution is -2.39. The number of nitrogens with zero attached hydrogens (tertiary/aromatic N) is 3. The molecule has 0 saturated carbocycles. The predicted molar refractivity (Wildman–Crippen MR) is 91.5 cm³/mol. The van der Waals surface area contributed by atoms with E-state index in [1.54, 1.807) is 22.8 Å². The third-order valence-electron chi connectivity index (χ3n) is 3.24. The normalized spacial score (nSPS) is 14.0. The van der Waals surface area contributed by atoms with Gasteiger partial charge in [-0.15, -0.1) is 0 Å². The van der Waals surface area contributed by atoms with Crippen LogP contribution < -0.4 is 5.32 Å². The average molecular weight is 320 g/mol. The molecule has 120 valence electrons. The lowest BCUT2D eigenvalue weighted by Gasteiger charge is -2.22. The Morgan fingerprint density at radius 1 is 1.27 bits per heavy atom. The largest absolute Gasteiger partial charge is 0.388 e. The molecule has 0 aliphatic heterocycles. The van der Waals surface area contributed by atoms with Crippen molar-refractivity contribution in [3.05, 3.63) is 41.2 Å². The standard InChI is InChI=1S/C16H24N4OS/c1-12-5-13(2)7-15(6-12)20-18-9-14(19-20)8-17-10-16(3,21)11-22-4/h5-7,9,17,21H,8,10-11H2,1-4H3. The number of thioether (sulfide) groups is 1. The summed E-state index contributed by atoms with van der Waals surface area (Å²) in [5.74, 6) is 0.704. The fourth-order valence-electron chi connectivity index (χ4n) is 2.39. The Labute approximate surface area is 136 Å². The van der Waals surface area contributed by atoms with E-state index in [1.165, 1.54) is 11.1 Å². The van der Waals surface area contributed by atoms with E-state index in [-0.39, 0.29) is 0 Å². The zero-order valence-corrected chi connectivity index (χ0v) is 14.4. The highest BCUT2D eigenvalue weighted by atomic mass is 32.2. The van der Waals surface area contributed by atoms with Crippen molar-refractivity contribution in [2.45, 2.75) is 32.9 Å². The summed E-state index contributed by atoms with van der Waals surface area (Å²) in [6, 6.07) is 6.25. The molecule has 0 aliphatic rings. The number of nitrogens with one attached hydrogen (secondary N) is 1. The minimum absolute atomic E-state index is 0.532. The van der Waals surface area contributed by atoms with Crippen LogP contribution in [0, 0.1) is 13.8 Å². The molecule has 1 aromatic heterocycles. The Bertz CT molecular complexity index is 604. The maximum atomic E-state index is 10.1. The van der Waals surface area contributed by atoms with Crippen molar-refractivity contribution in [1.29, 1.82) is 0 Å². The van der Waals surface area contributed by atoms with Crippen LogP contribution in [0.4, 0.5) is 0 Å². The van der Waals surface area contributed by atoms with Gasteiger partial charge in [-0.05, 0) is 50.3 Å². The van der Waals surface area contributed by atoms with E-state index in [0.29, 0.717) is 18.8 Å². The first-order chi connectivity index (χ1) is 10.4. The van der Waals surface area contributed by atoms with Crippen LogP contribution in [-0.2, 0) is 6.54 Å². The van der Waals surface area contributed by atoms with Crippen molar-refractivity contribution in [1.82, 2.24) is 20.3 Å². The minimum Gasteiger partial charge on any atom is -0.388 e. The van der Waals surface area contributed by atoms with Crippen molar-refractivity contribution >= 4 is 11.8 Å². The summed E-state index contributed by atoms with van der Waals surface area (Å²) in [5, 5.41) is 22.2. The molecule has 0 saturated heterocycles. The Hall–Kier alpha value is -1.37. The first kappa shape index (κ1) is 17.0. The molecule has 0 spiro atoms. The molecule has 0 fully saturated rings. The monoisotopic (exact) mass is 320 g/mol. The molecule has 0 radical (unpaired) electrons. The lowest BCUT2D eigenvalue weighted by atomic mass is 10.1. The van der Waals surface area contributed by atoms with Gasteiger partial charge in [0.1, 0.15) is 0 Å². The molecule has 1 unspecified atom stereocenters. The number of aromatic nitrogens is 3. The highest BCUT2D eigenvalue weighted by Gasteiger charge is 2.18. The number of aliphatic hydroxyl groups is 1. The summed E-state index contributed by atoms with van der Waals surface area (Å²) >= 11 is 1.64. The van der Waals surface area contributed by atoms with E-state index in [9.17, 15) is 5.11 Å². The molecule has 22 heavy (non-hydrogen) atoms. The molecule has 6 heteroatoms. The summed E-state index contributed by atoms with van der Waals surface area (Å²) in [6.07, 6.45) is 3.75. The molecule has 2 aromatic rings. The SMILES string of the molecule is CSCC(C)(O)CNCc1cnn(-c2cc(C)cc(C)c2)n1. The van der Waals surface area contributed by atoms with Crippen molar-refractivity contribution in [2.24, 2.45) is 0 Å². The molecule has 2 rings (SSSR count). The fourth-order valence-corrected chi connectivity index (χ4v) is 3.11. The highest BCUT2D eigenvalue weighted by molar-refractivity contribution is 7.98. The van der Waals surface area contributed by atoms with Gasteiger partial charge >= 0.3 is 0 Å². The van der Waals surface area contributed by atoms with Gasteiger partial charge in [0.15, 0.2) is 0 Å². The summed E-state index contributed by atoms with van der Waals surface area (Å²) in [5.41, 5.74) is 3.51. The van der Waals surface area contributed by atoms with Crippen molar-refractivity contribution in [3.8, 4) is 5.69 Å². The molecular formula is C16H24N4OS. The van der Waals surface area contributed by atoms with E-state index in [2.05, 4.69) is 47.6 Å². The van der Waals surface area contributed by atoms with E-state index in [4.69, 9.17) is 0 Å². The van der Waals surface area contributed by atoms with Crippen LogP contribution in [0.2, 0.25) is 0 Å². The Kier molecular flexibility index (Phi) is 5.61. The molecule has 1 atom stereocenters. The zero-order valence-electron chi connectivity index (χ0n) is 13.6. The summed E-state index contributed by atoms with van der Waals surface area (Å²) in [4.78, 5) is 1.65. The zero-order chi connectivity index (χ0) is 16.2. The van der Waals surface area contributed by atoms with Gasteiger partial charge < -0.3 is 10.4 Å². The van der Waals surface area contributed by atoms with E-state index >= 15 is 0 Å². The van der Waals surface area contributed by atoms with Gasteiger partial charge in [-0.2, -0.15) is 26.8 Å². The van der Waals surface area contributed by atoms with Gasteiger partial charge in [0.25, 0.3) is 0 Å². The quantitative estimate of drug-likeness (QED) is 0.818. The van der Waals surface area contributed by atoms with Crippen molar-refractivity contribution < 1.29 is 5.11 Å². The van der Waals surface area contributed by atoms with Crippen molar-refractivity contribution in [2.75, 3.05) is 18.6 Å². The second kappa shape index (κ2) is 7.26. The van der Waals surface area contributed by atoms with Gasteiger partial charge in [-0.25, -0.2) is 0 Å². The molecule has 5 nitrogen and oxygen atoms in total. The van der Waals surface area contributed by atoms with Gasteiger partial charge in [0, 0.05) is 18.8 Å². The van der Waals surface area contributed by atoms with Crippen LogP contribution in [0.25, 0.3) is 5.69 Å². The molecule has 1 aromatic carbocycles. The van der Waals surface area contributed by atoms with Crippen LogP contribution in [-0.4, -0.2) is 44.3 Å². The van der Waals surface area contributed by atoms with Crippen LogP contribution in [0.1, 0.15) is 23.7 Å². The third kappa shape index (κ3) is 4.83. The summed E-state index contributed by atoms with van der Waals surface area (Å²) in [7, 11) is 0. The maximum absolute atomic E-state index is 10.1. The van der Waals surface area contributed by atoms with Crippen LogP contribution >= 0.6 is 11.8 Å². The first-order valence-electron chi connectivity index (χ1n) is 7.31. The Morgan fingerprint density at radius 3 is 2.59 bits per heavy atom. The number of aryl methyl sites for hydroxylation is 2. The topological polar surface area (TPSA) is 63.0 Å². The summed E-state index contributed by atoms with van der Waals surface area (Å²) in [6.45, 7) is 7.09. The van der Waals surface area contributed by atoms with Gasteiger partial charge in [0.05, 0.1) is 23.2 Å². The number of benzene rings is 1. The molecule has 0 bridgehead atoms. The molecule has 2 N–H and O–H groups in total. The van der Waals surface area contributed by atoms with Crippen LogP contribution in [0.5, 0.6) is 0 Å². The van der Waals surface area contributed by atoms with Gasteiger partial charge in [-0.3, -0.25) is 0 Å². The van der Waals surface area contributed by atoms with E-state index < -0.39 is 5.60 Å². The highest BCUT2D eigenvalue weighted by Crippen LogP contribution is 2.12. The Balaban J connectivity index is 1.97. The summed E-state index contributed by atoms with van der Waals surface area (Å²) < 4.78 is 0. The average Bonchev–Trinajstić information content (AvgIpc) is 2.86. The second-order valence-electron chi connectivity index (χ2n) is 6.00. The van der Waals surface area contributed by atoms with Crippen LogP contribution in [0.15, 0.2) is 24.4 Å². The molecular weight excluding hydrogens is 296 g/mol. The number of rotatable bonds is 7. The van der Waals surface area contributed by atoms with Gasteiger partial charge in [-0.1, -0.05) is 6.07 Å². The third-order valence-corrected chi connectivity index (χ3v) is 4.15. The molecule has 0 aliphatic carbocycles. The van der Waals surface area contributed by atoms with E-state index in [0.717, 1.165) is 11.4 Å². The van der Waals surface area contributed by atoms with Gasteiger partial charge in [0.2, 0.25) is 0 Å². The number of hydrogen-bond donors (Lipinski definition) is 2. The van der Waals surface area contributed by atoms with E-state index in [1.807, 2.05) is 13.2 Å². The number of hydrogen-bond acceptors (Lipinski definition) is 5. The fraction of sp³-hybridized carbons (Fsp3) is 0.500. The smallest absolute Gasteiger partial charge is 0.0969 e.